The largest absolute Gasteiger partial charge is 0.429 e. The van der Waals surface area contributed by atoms with E-state index >= 15 is 0 Å². The van der Waals surface area contributed by atoms with Gasteiger partial charge in [0.15, 0.2) is 0 Å². The fourth-order valence-corrected chi connectivity index (χ4v) is 1.40. The highest BCUT2D eigenvalue weighted by Gasteiger charge is 2.34. The predicted octanol–water partition coefficient (Wildman–Crippen LogP) is 4.16. The second kappa shape index (κ2) is 5.14. The minimum Gasteiger partial charge on any atom is -0.277 e. The molecule has 0 amide bonds. The second-order valence-electron chi connectivity index (χ2n) is 3.51. The van der Waals surface area contributed by atoms with Gasteiger partial charge in [-0.3, -0.25) is 4.99 Å². The lowest BCUT2D eigenvalue weighted by molar-refractivity contribution is -0.0606. The third-order valence-electron chi connectivity index (χ3n) is 2.29. The van der Waals surface area contributed by atoms with Crippen molar-refractivity contribution < 1.29 is 13.2 Å². The monoisotopic (exact) mass is 229 g/mol. The molecule has 16 heavy (non-hydrogen) atoms. The molecular weight excluding hydrogens is 215 g/mol. The Kier molecular flexibility index (Phi) is 4.10. The topological polar surface area (TPSA) is 12.4 Å². The van der Waals surface area contributed by atoms with Gasteiger partial charge in [-0.2, -0.15) is 13.2 Å². The molecule has 0 aliphatic heterocycles. The lowest BCUT2D eigenvalue weighted by Gasteiger charge is -2.12. The molecule has 1 nitrogen and oxygen atoms in total. The Bertz CT molecular complexity index is 354. The van der Waals surface area contributed by atoms with Gasteiger partial charge < -0.3 is 0 Å². The zero-order valence-corrected chi connectivity index (χ0v) is 9.25. The summed E-state index contributed by atoms with van der Waals surface area (Å²) < 4.78 is 37.4. The highest BCUT2D eigenvalue weighted by molar-refractivity contribution is 5.89. The van der Waals surface area contributed by atoms with Crippen molar-refractivity contribution in [3.63, 3.8) is 0 Å². The van der Waals surface area contributed by atoms with Crippen LogP contribution >= 0.6 is 0 Å². The minimum absolute atomic E-state index is 0.0966. The first-order valence-corrected chi connectivity index (χ1v) is 5.14. The molecule has 0 unspecified atom stereocenters. The van der Waals surface area contributed by atoms with Gasteiger partial charge in [0.2, 0.25) is 0 Å². The first-order chi connectivity index (χ1) is 7.45. The number of benzene rings is 1. The number of halogens is 3. The highest BCUT2D eigenvalue weighted by atomic mass is 19.4. The molecule has 0 heterocycles. The van der Waals surface area contributed by atoms with Gasteiger partial charge in [-0.05, 0) is 18.9 Å². The van der Waals surface area contributed by atoms with Crippen molar-refractivity contribution in [3.05, 3.63) is 35.9 Å². The van der Waals surface area contributed by atoms with E-state index in [1.807, 2.05) is 6.07 Å². The maximum absolute atomic E-state index is 12.5. The van der Waals surface area contributed by atoms with Gasteiger partial charge in [-0.25, -0.2) is 0 Å². The Hall–Kier alpha value is -1.32. The van der Waals surface area contributed by atoms with E-state index in [1.165, 1.54) is 6.92 Å². The Balaban J connectivity index is 2.91. The van der Waals surface area contributed by atoms with E-state index in [2.05, 4.69) is 4.99 Å². The molecule has 0 fully saturated rings. The molecule has 88 valence electrons. The van der Waals surface area contributed by atoms with E-state index in [9.17, 15) is 13.2 Å². The molecule has 0 saturated carbocycles. The summed E-state index contributed by atoms with van der Waals surface area (Å²) in [6.45, 7) is 3.13. The van der Waals surface area contributed by atoms with Crippen molar-refractivity contribution in [2.24, 2.45) is 4.99 Å². The van der Waals surface area contributed by atoms with Gasteiger partial charge in [-0.15, -0.1) is 0 Å². The molecule has 0 radical (unpaired) electrons. The van der Waals surface area contributed by atoms with Gasteiger partial charge in [0.1, 0.15) is 5.71 Å². The summed E-state index contributed by atoms with van der Waals surface area (Å²) in [6.07, 6.45) is -4.42. The van der Waals surface area contributed by atoms with Gasteiger partial charge in [0.25, 0.3) is 0 Å². The summed E-state index contributed by atoms with van der Waals surface area (Å²) in [5.74, 6) is 0. The van der Waals surface area contributed by atoms with Gasteiger partial charge in [-0.1, -0.05) is 37.3 Å². The summed E-state index contributed by atoms with van der Waals surface area (Å²) >= 11 is 0. The van der Waals surface area contributed by atoms with Crippen LogP contribution in [0.4, 0.5) is 13.2 Å². The van der Waals surface area contributed by atoms with Crippen molar-refractivity contribution in [2.45, 2.75) is 32.5 Å². The van der Waals surface area contributed by atoms with Crippen molar-refractivity contribution in [3.8, 4) is 0 Å². The van der Waals surface area contributed by atoms with Crippen LogP contribution in [0.15, 0.2) is 35.3 Å². The van der Waals surface area contributed by atoms with Crippen LogP contribution in [-0.4, -0.2) is 11.9 Å². The molecular formula is C12H14F3N. The van der Waals surface area contributed by atoms with Crippen LogP contribution in [0.2, 0.25) is 0 Å². The molecule has 1 aromatic rings. The summed E-state index contributed by atoms with van der Waals surface area (Å²) in [5.41, 5.74) is 0.0848. The molecule has 0 N–H and O–H groups in total. The smallest absolute Gasteiger partial charge is 0.277 e. The Morgan fingerprint density at radius 1 is 1.25 bits per heavy atom. The number of alkyl halides is 3. The molecule has 0 spiro atoms. The molecule has 0 aromatic heterocycles. The van der Waals surface area contributed by atoms with E-state index in [0.29, 0.717) is 0 Å². The van der Waals surface area contributed by atoms with Crippen molar-refractivity contribution in [2.75, 3.05) is 0 Å². The van der Waals surface area contributed by atoms with Crippen LogP contribution in [-0.2, 0) is 0 Å². The molecule has 1 aromatic carbocycles. The molecule has 0 bridgehead atoms. The van der Waals surface area contributed by atoms with E-state index in [0.717, 1.165) is 5.56 Å². The lowest BCUT2D eigenvalue weighted by Crippen LogP contribution is -2.22. The molecule has 1 rings (SSSR count). The Morgan fingerprint density at radius 3 is 2.25 bits per heavy atom. The third-order valence-corrected chi connectivity index (χ3v) is 2.29. The first kappa shape index (κ1) is 12.7. The molecule has 1 atom stereocenters. The van der Waals surface area contributed by atoms with Gasteiger partial charge in [0.05, 0.1) is 6.04 Å². The van der Waals surface area contributed by atoms with E-state index in [4.69, 9.17) is 0 Å². The summed E-state index contributed by atoms with van der Waals surface area (Å²) in [5, 5.41) is 0. The van der Waals surface area contributed by atoms with Crippen LogP contribution in [0.3, 0.4) is 0 Å². The van der Waals surface area contributed by atoms with Crippen molar-refractivity contribution in [1.82, 2.24) is 0 Å². The Morgan fingerprint density at radius 2 is 1.81 bits per heavy atom. The normalized spacial score (nSPS) is 14.9. The number of hydrogen-bond donors (Lipinski definition) is 0. The number of hydrogen-bond acceptors (Lipinski definition) is 1. The average molecular weight is 229 g/mol. The van der Waals surface area contributed by atoms with E-state index < -0.39 is 17.9 Å². The quantitative estimate of drug-likeness (QED) is 0.690. The van der Waals surface area contributed by atoms with Crippen LogP contribution < -0.4 is 0 Å². The van der Waals surface area contributed by atoms with Crippen LogP contribution in [0, 0.1) is 0 Å². The summed E-state index contributed by atoms with van der Waals surface area (Å²) in [4.78, 5) is 3.73. The maximum atomic E-state index is 12.5. The van der Waals surface area contributed by atoms with E-state index in [1.54, 1.807) is 31.2 Å². The molecule has 0 aliphatic rings. The second-order valence-corrected chi connectivity index (χ2v) is 3.51. The van der Waals surface area contributed by atoms with Gasteiger partial charge in [0, 0.05) is 0 Å². The number of rotatable bonds is 3. The predicted molar refractivity (Wildman–Crippen MR) is 58.6 cm³/mol. The fourth-order valence-electron chi connectivity index (χ4n) is 1.40. The van der Waals surface area contributed by atoms with Crippen molar-refractivity contribution in [1.29, 1.82) is 0 Å². The van der Waals surface area contributed by atoms with E-state index in [-0.39, 0.29) is 6.42 Å². The van der Waals surface area contributed by atoms with Crippen molar-refractivity contribution >= 4 is 5.71 Å². The average Bonchev–Trinajstić information content (AvgIpc) is 2.25. The minimum atomic E-state index is -4.32. The first-order valence-electron chi connectivity index (χ1n) is 5.14. The van der Waals surface area contributed by atoms with Crippen LogP contribution in [0.25, 0.3) is 0 Å². The zero-order valence-electron chi connectivity index (χ0n) is 9.25. The SMILES string of the molecule is CCC(=N[C@@H](C)c1ccccc1)C(F)(F)F. The highest BCUT2D eigenvalue weighted by Crippen LogP contribution is 2.24. The molecule has 4 heteroatoms. The number of aliphatic imine (C=N–C) groups is 1. The summed E-state index contributed by atoms with van der Waals surface area (Å²) in [7, 11) is 0. The zero-order chi connectivity index (χ0) is 12.2. The molecule has 0 aliphatic carbocycles. The standard InChI is InChI=1S/C12H14F3N/c1-3-11(12(13,14)15)16-9(2)10-7-5-4-6-8-10/h4-9H,3H2,1-2H3/t9-/m0/s1. The summed E-state index contributed by atoms with van der Waals surface area (Å²) in [6, 6.07) is 8.50. The molecule has 0 saturated heterocycles. The maximum Gasteiger partial charge on any atom is 0.429 e. The van der Waals surface area contributed by atoms with Crippen LogP contribution in [0.1, 0.15) is 31.9 Å². The third kappa shape index (κ3) is 3.36. The lowest BCUT2D eigenvalue weighted by atomic mass is 10.1. The Labute approximate surface area is 93.0 Å². The van der Waals surface area contributed by atoms with Gasteiger partial charge >= 0.3 is 6.18 Å². The fraction of sp³-hybridized carbons (Fsp3) is 0.417. The number of nitrogens with zero attached hydrogens (tertiary/aromatic N) is 1. The van der Waals surface area contributed by atoms with Crippen LogP contribution in [0.5, 0.6) is 0 Å².